The van der Waals surface area contributed by atoms with Crippen LogP contribution in [0.15, 0.2) is 23.1 Å². The van der Waals surface area contributed by atoms with Gasteiger partial charge < -0.3 is 16.0 Å². The van der Waals surface area contributed by atoms with Gasteiger partial charge in [0.05, 0.1) is 10.5 Å². The van der Waals surface area contributed by atoms with Gasteiger partial charge in [-0.15, -0.1) is 0 Å². The van der Waals surface area contributed by atoms with Crippen LogP contribution in [-0.4, -0.2) is 57.9 Å². The zero-order valence-corrected chi connectivity index (χ0v) is 16.9. The van der Waals surface area contributed by atoms with E-state index in [2.05, 4.69) is 10.2 Å². The van der Waals surface area contributed by atoms with Crippen molar-refractivity contribution in [1.82, 2.24) is 9.62 Å². The fourth-order valence-electron chi connectivity index (χ4n) is 2.88. The summed E-state index contributed by atoms with van der Waals surface area (Å²) in [6.45, 7) is 5.68. The molecule has 0 saturated carbocycles. The van der Waals surface area contributed by atoms with E-state index in [9.17, 15) is 13.2 Å². The van der Waals surface area contributed by atoms with Crippen molar-refractivity contribution in [3.8, 4) is 0 Å². The number of piperidine rings is 1. The summed E-state index contributed by atoms with van der Waals surface area (Å²) < 4.78 is 26.1. The standard InChI is InChI=1S/C18H30N4O3S/c1-18(2,19)13-20-17(23)15-12-14(26(24,25)21(3)4)8-9-16(15)22-10-6-5-7-11-22/h8-9,12H,5-7,10-11,13,19H2,1-4H3,(H,20,23). The van der Waals surface area contributed by atoms with E-state index in [1.807, 2.05) is 13.8 Å². The van der Waals surface area contributed by atoms with Crippen molar-refractivity contribution in [3.05, 3.63) is 23.8 Å². The summed E-state index contributed by atoms with van der Waals surface area (Å²) in [5.41, 5.74) is 6.55. The first-order valence-corrected chi connectivity index (χ1v) is 10.3. The highest BCUT2D eigenvalue weighted by atomic mass is 32.2. The van der Waals surface area contributed by atoms with Crippen LogP contribution in [0.1, 0.15) is 43.5 Å². The number of rotatable bonds is 6. The highest BCUT2D eigenvalue weighted by Gasteiger charge is 2.24. The Bertz CT molecular complexity index is 748. The van der Waals surface area contributed by atoms with Gasteiger partial charge in [-0.2, -0.15) is 0 Å². The lowest BCUT2D eigenvalue weighted by atomic mass is 10.1. The molecule has 0 unspecified atom stereocenters. The molecule has 1 aromatic rings. The van der Waals surface area contributed by atoms with Crippen LogP contribution in [0.5, 0.6) is 0 Å². The van der Waals surface area contributed by atoms with Gasteiger partial charge in [-0.25, -0.2) is 12.7 Å². The smallest absolute Gasteiger partial charge is 0.253 e. The number of carbonyl (C=O) groups is 1. The number of hydrogen-bond acceptors (Lipinski definition) is 5. The minimum atomic E-state index is -3.61. The van der Waals surface area contributed by atoms with Crippen molar-refractivity contribution in [2.24, 2.45) is 5.73 Å². The van der Waals surface area contributed by atoms with Crippen LogP contribution >= 0.6 is 0 Å². The Morgan fingerprint density at radius 1 is 1.23 bits per heavy atom. The van der Waals surface area contributed by atoms with Crippen molar-refractivity contribution < 1.29 is 13.2 Å². The van der Waals surface area contributed by atoms with E-state index < -0.39 is 15.6 Å². The maximum atomic E-state index is 12.8. The van der Waals surface area contributed by atoms with Crippen LogP contribution in [0.3, 0.4) is 0 Å². The molecule has 1 aromatic carbocycles. The molecular weight excluding hydrogens is 352 g/mol. The molecule has 1 saturated heterocycles. The molecule has 1 amide bonds. The maximum Gasteiger partial charge on any atom is 0.253 e. The van der Waals surface area contributed by atoms with Crippen molar-refractivity contribution in [2.45, 2.75) is 43.5 Å². The highest BCUT2D eigenvalue weighted by Crippen LogP contribution is 2.28. The molecular formula is C18H30N4O3S. The predicted octanol–water partition coefficient (Wildman–Crippen LogP) is 1.39. The van der Waals surface area contributed by atoms with E-state index in [4.69, 9.17) is 5.73 Å². The van der Waals surface area contributed by atoms with Crippen molar-refractivity contribution in [3.63, 3.8) is 0 Å². The van der Waals surface area contributed by atoms with E-state index in [0.717, 1.165) is 35.9 Å². The van der Waals surface area contributed by atoms with Crippen LogP contribution in [0.2, 0.25) is 0 Å². The molecule has 1 fully saturated rings. The molecule has 0 aromatic heterocycles. The van der Waals surface area contributed by atoms with E-state index in [0.29, 0.717) is 12.1 Å². The Morgan fingerprint density at radius 3 is 2.38 bits per heavy atom. The molecule has 2 rings (SSSR count). The number of hydrogen-bond donors (Lipinski definition) is 2. The number of anilines is 1. The zero-order valence-electron chi connectivity index (χ0n) is 16.1. The molecule has 1 aliphatic heterocycles. The summed E-state index contributed by atoms with van der Waals surface area (Å²) >= 11 is 0. The minimum absolute atomic E-state index is 0.111. The lowest BCUT2D eigenvalue weighted by molar-refractivity contribution is 0.0946. The number of carbonyl (C=O) groups excluding carboxylic acids is 1. The van der Waals surface area contributed by atoms with E-state index in [1.165, 1.54) is 26.6 Å². The molecule has 0 spiro atoms. The summed E-state index contributed by atoms with van der Waals surface area (Å²) in [6.07, 6.45) is 3.30. The number of nitrogens with one attached hydrogen (secondary N) is 1. The third kappa shape index (κ3) is 4.96. The topological polar surface area (TPSA) is 95.7 Å². The second-order valence-corrected chi connectivity index (χ2v) is 9.84. The Balaban J connectivity index is 2.43. The molecule has 8 heteroatoms. The van der Waals surface area contributed by atoms with Gasteiger partial charge in [0.1, 0.15) is 0 Å². The lowest BCUT2D eigenvalue weighted by Crippen LogP contribution is -2.45. The minimum Gasteiger partial charge on any atom is -0.371 e. The molecule has 26 heavy (non-hydrogen) atoms. The van der Waals surface area contributed by atoms with Crippen molar-refractivity contribution in [2.75, 3.05) is 38.6 Å². The summed E-state index contributed by atoms with van der Waals surface area (Å²) in [5.74, 6) is -0.306. The first-order chi connectivity index (χ1) is 12.0. The predicted molar refractivity (Wildman–Crippen MR) is 104 cm³/mol. The Labute approximate surface area is 156 Å². The van der Waals surface area contributed by atoms with Gasteiger partial charge in [-0.3, -0.25) is 4.79 Å². The fraction of sp³-hybridized carbons (Fsp3) is 0.611. The first-order valence-electron chi connectivity index (χ1n) is 8.91. The molecule has 1 aliphatic rings. The van der Waals surface area contributed by atoms with Crippen LogP contribution < -0.4 is 16.0 Å². The van der Waals surface area contributed by atoms with Gasteiger partial charge in [0.15, 0.2) is 0 Å². The average molecular weight is 383 g/mol. The highest BCUT2D eigenvalue weighted by molar-refractivity contribution is 7.89. The van der Waals surface area contributed by atoms with Gasteiger partial charge in [-0.05, 0) is 51.3 Å². The monoisotopic (exact) mass is 382 g/mol. The van der Waals surface area contributed by atoms with E-state index in [-0.39, 0.29) is 10.8 Å². The summed E-state index contributed by atoms with van der Waals surface area (Å²) in [5, 5.41) is 2.83. The largest absolute Gasteiger partial charge is 0.371 e. The fourth-order valence-corrected chi connectivity index (χ4v) is 3.81. The Hall–Kier alpha value is -1.64. The number of benzene rings is 1. The van der Waals surface area contributed by atoms with Gasteiger partial charge in [0.2, 0.25) is 10.0 Å². The first kappa shape index (κ1) is 20.7. The molecule has 3 N–H and O–H groups in total. The second-order valence-electron chi connectivity index (χ2n) is 7.69. The maximum absolute atomic E-state index is 12.8. The zero-order chi connectivity index (χ0) is 19.5. The third-order valence-electron chi connectivity index (χ3n) is 4.39. The molecule has 0 atom stereocenters. The van der Waals surface area contributed by atoms with Crippen molar-refractivity contribution >= 4 is 21.6 Å². The molecule has 7 nitrogen and oxygen atoms in total. The van der Waals surface area contributed by atoms with Crippen LogP contribution in [0.4, 0.5) is 5.69 Å². The van der Waals surface area contributed by atoms with E-state index in [1.54, 1.807) is 12.1 Å². The Morgan fingerprint density at radius 2 is 1.85 bits per heavy atom. The molecule has 0 aliphatic carbocycles. The van der Waals surface area contributed by atoms with Gasteiger partial charge in [0, 0.05) is 45.0 Å². The normalized spacial score (nSPS) is 16.0. The second kappa shape index (κ2) is 7.94. The average Bonchev–Trinajstić information content (AvgIpc) is 2.59. The molecule has 0 radical (unpaired) electrons. The number of amides is 1. The third-order valence-corrected chi connectivity index (χ3v) is 6.20. The number of sulfonamides is 1. The van der Waals surface area contributed by atoms with Crippen molar-refractivity contribution in [1.29, 1.82) is 0 Å². The summed E-state index contributed by atoms with van der Waals surface area (Å²) in [7, 11) is -0.660. The van der Waals surface area contributed by atoms with Gasteiger partial charge in [0.25, 0.3) is 5.91 Å². The van der Waals surface area contributed by atoms with Crippen LogP contribution in [0.25, 0.3) is 0 Å². The SMILES string of the molecule is CN(C)S(=O)(=O)c1ccc(N2CCCCC2)c(C(=O)NCC(C)(C)N)c1. The van der Waals surface area contributed by atoms with Crippen LogP contribution in [0, 0.1) is 0 Å². The molecule has 146 valence electrons. The quantitative estimate of drug-likeness (QED) is 0.775. The summed E-state index contributed by atoms with van der Waals surface area (Å²) in [6, 6.07) is 4.78. The number of nitrogens with two attached hydrogens (primary N) is 1. The molecule has 0 bridgehead atoms. The van der Waals surface area contributed by atoms with E-state index >= 15 is 0 Å². The number of nitrogens with zero attached hydrogens (tertiary/aromatic N) is 2. The summed E-state index contributed by atoms with van der Waals surface area (Å²) in [4.78, 5) is 15.1. The molecule has 1 heterocycles. The lowest BCUT2D eigenvalue weighted by Gasteiger charge is -2.31. The van der Waals surface area contributed by atoms with Crippen LogP contribution in [-0.2, 0) is 10.0 Å². The Kier molecular flexibility index (Phi) is 6.31. The van der Waals surface area contributed by atoms with Gasteiger partial charge in [-0.1, -0.05) is 0 Å². The van der Waals surface area contributed by atoms with Gasteiger partial charge >= 0.3 is 0 Å².